The third kappa shape index (κ3) is 3.51. The predicted octanol–water partition coefficient (Wildman–Crippen LogP) is 2.44. The van der Waals surface area contributed by atoms with Crippen molar-refractivity contribution in [2.75, 3.05) is 25.3 Å². The van der Waals surface area contributed by atoms with E-state index in [1.807, 2.05) is 0 Å². The van der Waals surface area contributed by atoms with Gasteiger partial charge in [-0.25, -0.2) is 9.97 Å². The van der Waals surface area contributed by atoms with Crippen LogP contribution in [0.4, 0.5) is 17.3 Å². The van der Waals surface area contributed by atoms with Crippen LogP contribution in [0.3, 0.4) is 0 Å². The summed E-state index contributed by atoms with van der Waals surface area (Å²) in [5, 5.41) is 7.26. The van der Waals surface area contributed by atoms with Gasteiger partial charge in [0.2, 0.25) is 0 Å². The van der Waals surface area contributed by atoms with Crippen molar-refractivity contribution < 1.29 is 9.57 Å². The normalized spacial score (nSPS) is 10.6. The Bertz CT molecular complexity index is 663. The number of nitrogens with one attached hydrogen (secondary N) is 1. The van der Waals surface area contributed by atoms with E-state index in [0.717, 1.165) is 5.69 Å². The first-order chi connectivity index (χ1) is 10.2. The Morgan fingerprint density at radius 2 is 2.14 bits per heavy atom. The number of aromatic nitrogens is 2. The van der Waals surface area contributed by atoms with Gasteiger partial charge in [-0.1, -0.05) is 16.8 Å². The van der Waals surface area contributed by atoms with Crippen molar-refractivity contribution in [3.8, 4) is 5.75 Å². The van der Waals surface area contributed by atoms with Crippen LogP contribution >= 0.6 is 11.6 Å². The Balaban J connectivity index is 2.33. The molecule has 3 N–H and O–H groups in total. The molecular formula is C13H14ClN5O2. The minimum atomic E-state index is 0.285. The molecule has 110 valence electrons. The molecule has 0 radical (unpaired) electrons. The molecule has 1 heterocycles. The summed E-state index contributed by atoms with van der Waals surface area (Å²) in [4.78, 5) is 12.7. The van der Waals surface area contributed by atoms with Gasteiger partial charge in [-0.2, -0.15) is 0 Å². The van der Waals surface area contributed by atoms with Gasteiger partial charge in [-0.05, 0) is 18.2 Å². The first-order valence-corrected chi connectivity index (χ1v) is 6.31. The predicted molar refractivity (Wildman–Crippen MR) is 82.3 cm³/mol. The van der Waals surface area contributed by atoms with E-state index in [-0.39, 0.29) is 5.82 Å². The molecule has 0 saturated carbocycles. The summed E-state index contributed by atoms with van der Waals surface area (Å²) in [5.74, 6) is 1.36. The van der Waals surface area contributed by atoms with Gasteiger partial charge in [0.25, 0.3) is 0 Å². The second-order valence-corrected chi connectivity index (χ2v) is 4.32. The van der Waals surface area contributed by atoms with E-state index < -0.39 is 0 Å². The van der Waals surface area contributed by atoms with E-state index >= 15 is 0 Å². The SMILES string of the molecule is CO/N=C/c1c(N)ncnc1Nc1ccc(OC)c(Cl)c1. The second kappa shape index (κ2) is 6.76. The largest absolute Gasteiger partial charge is 0.495 e. The topological polar surface area (TPSA) is 94.7 Å². The Morgan fingerprint density at radius 3 is 2.81 bits per heavy atom. The van der Waals surface area contributed by atoms with Gasteiger partial charge < -0.3 is 20.6 Å². The number of rotatable bonds is 5. The Labute approximate surface area is 126 Å². The molecule has 0 aliphatic carbocycles. The third-order valence-corrected chi connectivity index (χ3v) is 2.91. The van der Waals surface area contributed by atoms with Crippen LogP contribution in [0.15, 0.2) is 29.7 Å². The lowest BCUT2D eigenvalue weighted by atomic mass is 10.2. The van der Waals surface area contributed by atoms with E-state index in [2.05, 4.69) is 25.3 Å². The van der Waals surface area contributed by atoms with Crippen molar-refractivity contribution in [2.24, 2.45) is 5.16 Å². The minimum Gasteiger partial charge on any atom is -0.495 e. The summed E-state index contributed by atoms with van der Waals surface area (Å²) < 4.78 is 5.10. The van der Waals surface area contributed by atoms with Gasteiger partial charge in [0.05, 0.1) is 23.9 Å². The number of anilines is 3. The fourth-order valence-electron chi connectivity index (χ4n) is 1.62. The zero-order chi connectivity index (χ0) is 15.2. The van der Waals surface area contributed by atoms with Crippen LogP contribution < -0.4 is 15.8 Å². The molecule has 2 rings (SSSR count). The van der Waals surface area contributed by atoms with Crippen LogP contribution in [0.5, 0.6) is 5.75 Å². The highest BCUT2D eigenvalue weighted by atomic mass is 35.5. The van der Waals surface area contributed by atoms with Crippen LogP contribution in [-0.2, 0) is 4.84 Å². The number of benzene rings is 1. The molecular weight excluding hydrogens is 294 g/mol. The first-order valence-electron chi connectivity index (χ1n) is 5.93. The van der Waals surface area contributed by atoms with E-state index in [4.69, 9.17) is 22.1 Å². The molecule has 0 fully saturated rings. The van der Waals surface area contributed by atoms with Crippen molar-refractivity contribution in [2.45, 2.75) is 0 Å². The zero-order valence-electron chi connectivity index (χ0n) is 11.5. The maximum absolute atomic E-state index is 6.08. The lowest BCUT2D eigenvalue weighted by Crippen LogP contribution is -2.05. The van der Waals surface area contributed by atoms with Crippen molar-refractivity contribution >= 4 is 35.1 Å². The fourth-order valence-corrected chi connectivity index (χ4v) is 1.88. The second-order valence-electron chi connectivity index (χ2n) is 3.91. The number of hydrogen-bond acceptors (Lipinski definition) is 7. The summed E-state index contributed by atoms with van der Waals surface area (Å²) in [6.45, 7) is 0. The maximum Gasteiger partial charge on any atom is 0.144 e. The molecule has 2 aromatic rings. The third-order valence-electron chi connectivity index (χ3n) is 2.62. The molecule has 1 aromatic carbocycles. The zero-order valence-corrected chi connectivity index (χ0v) is 12.3. The maximum atomic E-state index is 6.08. The Morgan fingerprint density at radius 1 is 1.33 bits per heavy atom. The van der Waals surface area contributed by atoms with Crippen LogP contribution in [0.1, 0.15) is 5.56 Å². The van der Waals surface area contributed by atoms with E-state index in [0.29, 0.717) is 22.2 Å². The molecule has 0 atom stereocenters. The highest BCUT2D eigenvalue weighted by Crippen LogP contribution is 2.29. The number of ether oxygens (including phenoxy) is 1. The fraction of sp³-hybridized carbons (Fsp3) is 0.154. The van der Waals surface area contributed by atoms with Crippen LogP contribution in [-0.4, -0.2) is 30.4 Å². The van der Waals surface area contributed by atoms with Crippen LogP contribution in [0.2, 0.25) is 5.02 Å². The van der Waals surface area contributed by atoms with Crippen molar-refractivity contribution in [1.82, 2.24) is 9.97 Å². The highest BCUT2D eigenvalue weighted by molar-refractivity contribution is 6.32. The van der Waals surface area contributed by atoms with Crippen LogP contribution in [0.25, 0.3) is 0 Å². The van der Waals surface area contributed by atoms with Gasteiger partial charge >= 0.3 is 0 Å². The van der Waals surface area contributed by atoms with Gasteiger partial charge in [-0.3, -0.25) is 0 Å². The highest BCUT2D eigenvalue weighted by Gasteiger charge is 2.09. The number of nitrogen functional groups attached to an aromatic ring is 1. The Kier molecular flexibility index (Phi) is 4.78. The molecule has 8 heteroatoms. The van der Waals surface area contributed by atoms with Crippen molar-refractivity contribution in [3.05, 3.63) is 35.1 Å². The van der Waals surface area contributed by atoms with Gasteiger partial charge in [0, 0.05) is 5.69 Å². The van der Waals surface area contributed by atoms with Gasteiger partial charge in [0.15, 0.2) is 0 Å². The van der Waals surface area contributed by atoms with Crippen molar-refractivity contribution in [3.63, 3.8) is 0 Å². The average molecular weight is 308 g/mol. The average Bonchev–Trinajstić information content (AvgIpc) is 2.47. The monoisotopic (exact) mass is 307 g/mol. The molecule has 0 amide bonds. The Hall–Kier alpha value is -2.54. The lowest BCUT2D eigenvalue weighted by Gasteiger charge is -2.11. The number of halogens is 1. The molecule has 7 nitrogen and oxygen atoms in total. The lowest BCUT2D eigenvalue weighted by molar-refractivity contribution is 0.215. The van der Waals surface area contributed by atoms with Gasteiger partial charge in [-0.15, -0.1) is 0 Å². The summed E-state index contributed by atoms with van der Waals surface area (Å²) in [6.07, 6.45) is 2.79. The van der Waals surface area contributed by atoms with Crippen LogP contribution in [0, 0.1) is 0 Å². The number of nitrogens with zero attached hydrogens (tertiary/aromatic N) is 3. The van der Waals surface area contributed by atoms with E-state index in [1.54, 1.807) is 25.3 Å². The quantitative estimate of drug-likeness (QED) is 0.651. The molecule has 0 saturated heterocycles. The standard InChI is InChI=1S/C13H14ClN5O2/c1-20-11-4-3-8(5-10(11)14)19-13-9(6-18-21-2)12(15)16-7-17-13/h3-7H,1-2H3,(H3,15,16,17,19)/b18-6+. The molecule has 0 unspecified atom stereocenters. The smallest absolute Gasteiger partial charge is 0.144 e. The summed E-state index contributed by atoms with van der Waals surface area (Å²) in [7, 11) is 2.99. The summed E-state index contributed by atoms with van der Waals surface area (Å²) in [5.41, 5.74) is 7.05. The molecule has 0 spiro atoms. The molecule has 0 aliphatic heterocycles. The first kappa shape index (κ1) is 14.9. The number of nitrogens with two attached hydrogens (primary N) is 1. The van der Waals surface area contributed by atoms with Gasteiger partial charge in [0.1, 0.15) is 30.8 Å². The molecule has 21 heavy (non-hydrogen) atoms. The molecule has 0 aliphatic rings. The molecule has 1 aromatic heterocycles. The molecule has 0 bridgehead atoms. The van der Waals surface area contributed by atoms with Crippen molar-refractivity contribution in [1.29, 1.82) is 0 Å². The van der Waals surface area contributed by atoms with E-state index in [9.17, 15) is 0 Å². The minimum absolute atomic E-state index is 0.285. The number of hydrogen-bond donors (Lipinski definition) is 2. The number of methoxy groups -OCH3 is 1. The van der Waals surface area contributed by atoms with E-state index in [1.165, 1.54) is 19.7 Å². The summed E-state index contributed by atoms with van der Waals surface area (Å²) in [6, 6.07) is 5.27. The number of oxime groups is 1. The summed E-state index contributed by atoms with van der Waals surface area (Å²) >= 11 is 6.08.